The SMILES string of the molecule is CCc1cc(CC)c(-c2cnccc2C(=O)O)c(CC)c1. The number of aromatic nitrogens is 1. The first-order valence-corrected chi connectivity index (χ1v) is 7.44. The molecule has 110 valence electrons. The van der Waals surface area contributed by atoms with E-state index in [4.69, 9.17) is 0 Å². The third-order valence-electron chi connectivity index (χ3n) is 3.85. The summed E-state index contributed by atoms with van der Waals surface area (Å²) < 4.78 is 0. The molecule has 0 unspecified atom stereocenters. The van der Waals surface area contributed by atoms with Gasteiger partial charge in [-0.1, -0.05) is 32.9 Å². The standard InChI is InChI=1S/C18H21NO2/c1-4-12-9-13(5-2)17(14(6-3)10-12)16-11-19-8-7-15(16)18(20)21/h7-11H,4-6H2,1-3H3,(H,20,21). The molecule has 1 heterocycles. The Morgan fingerprint density at radius 1 is 1.10 bits per heavy atom. The molecule has 0 fully saturated rings. The molecule has 0 saturated heterocycles. The van der Waals surface area contributed by atoms with Crippen LogP contribution in [0, 0.1) is 0 Å². The number of carbonyl (C=O) groups is 1. The van der Waals surface area contributed by atoms with Crippen LogP contribution in [0.3, 0.4) is 0 Å². The number of aromatic carboxylic acids is 1. The summed E-state index contributed by atoms with van der Waals surface area (Å²) in [6, 6.07) is 5.95. The van der Waals surface area contributed by atoms with E-state index in [0.717, 1.165) is 30.4 Å². The molecule has 3 nitrogen and oxygen atoms in total. The molecule has 0 atom stereocenters. The van der Waals surface area contributed by atoms with Gasteiger partial charge in [0, 0.05) is 18.0 Å². The van der Waals surface area contributed by atoms with Crippen LogP contribution in [0.5, 0.6) is 0 Å². The first kappa shape index (κ1) is 15.2. The van der Waals surface area contributed by atoms with Crippen LogP contribution >= 0.6 is 0 Å². The van der Waals surface area contributed by atoms with Crippen molar-refractivity contribution in [2.24, 2.45) is 0 Å². The minimum Gasteiger partial charge on any atom is -0.478 e. The van der Waals surface area contributed by atoms with Gasteiger partial charge in [-0.3, -0.25) is 4.98 Å². The van der Waals surface area contributed by atoms with Gasteiger partial charge >= 0.3 is 5.97 Å². The van der Waals surface area contributed by atoms with Gasteiger partial charge in [0.25, 0.3) is 0 Å². The number of pyridine rings is 1. The van der Waals surface area contributed by atoms with Crippen LogP contribution in [0.25, 0.3) is 11.1 Å². The Labute approximate surface area is 125 Å². The first-order valence-electron chi connectivity index (χ1n) is 7.44. The monoisotopic (exact) mass is 283 g/mol. The molecule has 21 heavy (non-hydrogen) atoms. The fourth-order valence-corrected chi connectivity index (χ4v) is 2.73. The average molecular weight is 283 g/mol. The average Bonchev–Trinajstić information content (AvgIpc) is 2.53. The zero-order valence-electron chi connectivity index (χ0n) is 12.8. The largest absolute Gasteiger partial charge is 0.478 e. The predicted molar refractivity (Wildman–Crippen MR) is 84.8 cm³/mol. The van der Waals surface area contributed by atoms with Gasteiger partial charge < -0.3 is 5.11 Å². The summed E-state index contributed by atoms with van der Waals surface area (Å²) in [6.07, 6.45) is 5.95. The molecule has 0 amide bonds. The van der Waals surface area contributed by atoms with Crippen LogP contribution in [-0.2, 0) is 19.3 Å². The molecule has 2 rings (SSSR count). The lowest BCUT2D eigenvalue weighted by molar-refractivity contribution is 0.0697. The summed E-state index contributed by atoms with van der Waals surface area (Å²) in [5, 5.41) is 9.43. The minimum absolute atomic E-state index is 0.318. The molecular formula is C18H21NO2. The number of hydrogen-bond acceptors (Lipinski definition) is 2. The summed E-state index contributed by atoms with van der Waals surface area (Å²) in [7, 11) is 0. The van der Waals surface area contributed by atoms with Crippen LogP contribution in [0.2, 0.25) is 0 Å². The molecule has 2 aromatic rings. The van der Waals surface area contributed by atoms with Crippen LogP contribution in [0.1, 0.15) is 47.8 Å². The van der Waals surface area contributed by atoms with Gasteiger partial charge in [0.1, 0.15) is 0 Å². The Morgan fingerprint density at radius 2 is 1.71 bits per heavy atom. The van der Waals surface area contributed by atoms with Crippen molar-refractivity contribution in [3.63, 3.8) is 0 Å². The van der Waals surface area contributed by atoms with Crippen LogP contribution in [0.15, 0.2) is 30.6 Å². The van der Waals surface area contributed by atoms with Gasteiger partial charge in [0.2, 0.25) is 0 Å². The van der Waals surface area contributed by atoms with Crippen molar-refractivity contribution in [1.29, 1.82) is 0 Å². The predicted octanol–water partition coefficient (Wildman–Crippen LogP) is 4.13. The fourth-order valence-electron chi connectivity index (χ4n) is 2.73. The number of carboxylic acid groups (broad SMARTS) is 1. The molecule has 1 aromatic carbocycles. The summed E-state index contributed by atoms with van der Waals surface area (Å²) >= 11 is 0. The molecular weight excluding hydrogens is 262 g/mol. The lowest BCUT2D eigenvalue weighted by Gasteiger charge is -2.17. The normalized spacial score (nSPS) is 10.6. The molecule has 0 aliphatic rings. The summed E-state index contributed by atoms with van der Waals surface area (Å²) in [4.78, 5) is 15.6. The van der Waals surface area contributed by atoms with Gasteiger partial charge in [-0.05, 0) is 47.6 Å². The molecule has 0 bridgehead atoms. The van der Waals surface area contributed by atoms with Crippen LogP contribution in [0.4, 0.5) is 0 Å². The van der Waals surface area contributed by atoms with Crippen molar-refractivity contribution in [2.45, 2.75) is 40.0 Å². The van der Waals surface area contributed by atoms with Gasteiger partial charge in [-0.2, -0.15) is 0 Å². The molecule has 0 saturated carbocycles. The van der Waals surface area contributed by atoms with Crippen LogP contribution in [-0.4, -0.2) is 16.1 Å². The van der Waals surface area contributed by atoms with Gasteiger partial charge in [0.05, 0.1) is 5.56 Å². The highest BCUT2D eigenvalue weighted by molar-refractivity contribution is 5.96. The maximum Gasteiger partial charge on any atom is 0.336 e. The maximum absolute atomic E-state index is 11.5. The van der Waals surface area contributed by atoms with Gasteiger partial charge in [-0.25, -0.2) is 4.79 Å². The Morgan fingerprint density at radius 3 is 2.19 bits per heavy atom. The Bertz CT molecular complexity index is 637. The lowest BCUT2D eigenvalue weighted by atomic mass is 9.88. The summed E-state index contributed by atoms with van der Waals surface area (Å²) in [5.74, 6) is -0.906. The van der Waals surface area contributed by atoms with Crippen LogP contribution < -0.4 is 0 Å². The second kappa shape index (κ2) is 6.53. The maximum atomic E-state index is 11.5. The quantitative estimate of drug-likeness (QED) is 0.897. The second-order valence-electron chi connectivity index (χ2n) is 5.08. The third-order valence-corrected chi connectivity index (χ3v) is 3.85. The Hall–Kier alpha value is -2.16. The zero-order valence-corrected chi connectivity index (χ0v) is 12.8. The van der Waals surface area contributed by atoms with Gasteiger partial charge in [0.15, 0.2) is 0 Å². The van der Waals surface area contributed by atoms with E-state index >= 15 is 0 Å². The van der Waals surface area contributed by atoms with Gasteiger partial charge in [-0.15, -0.1) is 0 Å². The molecule has 1 N–H and O–H groups in total. The van der Waals surface area contributed by atoms with E-state index in [0.29, 0.717) is 5.56 Å². The number of aryl methyl sites for hydroxylation is 3. The Balaban J connectivity index is 2.76. The summed E-state index contributed by atoms with van der Waals surface area (Å²) in [5.41, 5.74) is 5.78. The third kappa shape index (κ3) is 2.97. The second-order valence-corrected chi connectivity index (χ2v) is 5.08. The van der Waals surface area contributed by atoms with Crippen molar-refractivity contribution < 1.29 is 9.90 Å². The molecule has 0 aliphatic carbocycles. The first-order chi connectivity index (χ1) is 10.1. The number of nitrogens with zero attached hydrogens (tertiary/aromatic N) is 1. The van der Waals surface area contributed by atoms with E-state index in [9.17, 15) is 9.90 Å². The van der Waals surface area contributed by atoms with E-state index in [-0.39, 0.29) is 0 Å². The van der Waals surface area contributed by atoms with Crippen molar-refractivity contribution in [1.82, 2.24) is 4.98 Å². The van der Waals surface area contributed by atoms with E-state index < -0.39 is 5.97 Å². The molecule has 0 aliphatic heterocycles. The molecule has 0 radical (unpaired) electrons. The van der Waals surface area contributed by atoms with Crippen molar-refractivity contribution in [3.05, 3.63) is 52.8 Å². The van der Waals surface area contributed by atoms with E-state index in [1.54, 1.807) is 12.3 Å². The van der Waals surface area contributed by atoms with Crippen molar-refractivity contribution >= 4 is 5.97 Å². The van der Waals surface area contributed by atoms with Crippen molar-refractivity contribution in [3.8, 4) is 11.1 Å². The highest BCUT2D eigenvalue weighted by Gasteiger charge is 2.17. The smallest absolute Gasteiger partial charge is 0.336 e. The van der Waals surface area contributed by atoms with E-state index in [2.05, 4.69) is 37.9 Å². The zero-order chi connectivity index (χ0) is 15.4. The highest BCUT2D eigenvalue weighted by atomic mass is 16.4. The number of benzene rings is 1. The number of rotatable bonds is 5. The minimum atomic E-state index is -0.906. The molecule has 0 spiro atoms. The van der Waals surface area contributed by atoms with E-state index in [1.807, 2.05) is 0 Å². The molecule has 3 heteroatoms. The summed E-state index contributed by atoms with van der Waals surface area (Å²) in [6.45, 7) is 6.35. The Kier molecular flexibility index (Phi) is 4.73. The fraction of sp³-hybridized carbons (Fsp3) is 0.333. The number of hydrogen-bond donors (Lipinski definition) is 1. The highest BCUT2D eigenvalue weighted by Crippen LogP contribution is 2.32. The van der Waals surface area contributed by atoms with Crippen molar-refractivity contribution in [2.75, 3.05) is 0 Å². The number of carboxylic acids is 1. The van der Waals surface area contributed by atoms with E-state index in [1.165, 1.54) is 22.9 Å². The molecule has 1 aromatic heterocycles. The lowest BCUT2D eigenvalue weighted by Crippen LogP contribution is -2.04. The topological polar surface area (TPSA) is 50.2 Å².